The monoisotopic (exact) mass is 314 g/mol. The van der Waals surface area contributed by atoms with E-state index >= 15 is 0 Å². The molecule has 2 rings (SSSR count). The zero-order valence-corrected chi connectivity index (χ0v) is 13.6. The Morgan fingerprint density at radius 3 is 2.78 bits per heavy atom. The van der Waals surface area contributed by atoms with Crippen molar-refractivity contribution in [2.24, 2.45) is 0 Å². The van der Waals surface area contributed by atoms with Gasteiger partial charge in [-0.25, -0.2) is 0 Å². The highest BCUT2D eigenvalue weighted by molar-refractivity contribution is 5.94. The number of rotatable bonds is 6. The van der Waals surface area contributed by atoms with Crippen LogP contribution in [-0.4, -0.2) is 28.6 Å². The zero-order valence-electron chi connectivity index (χ0n) is 13.6. The summed E-state index contributed by atoms with van der Waals surface area (Å²) in [7, 11) is 0. The molecule has 0 bridgehead atoms. The second-order valence-electron chi connectivity index (χ2n) is 5.72. The van der Waals surface area contributed by atoms with Crippen molar-refractivity contribution in [1.82, 2.24) is 10.3 Å². The fourth-order valence-electron chi connectivity index (χ4n) is 2.16. The molecular formula is C18H22N2O3. The van der Waals surface area contributed by atoms with Crippen molar-refractivity contribution in [1.29, 1.82) is 0 Å². The van der Waals surface area contributed by atoms with Crippen molar-refractivity contribution < 1.29 is 14.6 Å². The maximum absolute atomic E-state index is 12.1. The minimum absolute atomic E-state index is 0.0657. The molecule has 5 nitrogen and oxygen atoms in total. The van der Waals surface area contributed by atoms with Crippen LogP contribution in [-0.2, 0) is 0 Å². The molecule has 23 heavy (non-hydrogen) atoms. The van der Waals surface area contributed by atoms with E-state index in [0.29, 0.717) is 16.9 Å². The van der Waals surface area contributed by atoms with Crippen LogP contribution in [0.3, 0.4) is 0 Å². The number of amides is 1. The van der Waals surface area contributed by atoms with Gasteiger partial charge in [0, 0.05) is 18.9 Å². The van der Waals surface area contributed by atoms with Gasteiger partial charge in [-0.3, -0.25) is 9.78 Å². The van der Waals surface area contributed by atoms with Crippen LogP contribution in [0, 0.1) is 6.92 Å². The molecule has 0 spiro atoms. The molecular weight excluding hydrogens is 292 g/mol. The third-order valence-electron chi connectivity index (χ3n) is 3.21. The minimum Gasteiger partial charge on any atom is -0.491 e. The number of aliphatic hydroxyl groups is 1. The summed E-state index contributed by atoms with van der Waals surface area (Å²) in [5, 5.41) is 13.0. The summed E-state index contributed by atoms with van der Waals surface area (Å²) in [6, 6.07) is 9.00. The summed E-state index contributed by atoms with van der Waals surface area (Å²) in [5.41, 5.74) is 2.09. The summed E-state index contributed by atoms with van der Waals surface area (Å²) in [5.74, 6) is 0.445. The Morgan fingerprint density at radius 2 is 2.09 bits per heavy atom. The molecule has 1 heterocycles. The maximum Gasteiger partial charge on any atom is 0.252 e. The standard InChI is InChI=1S/C18H22N2O3/c1-12(2)23-16-6-4-5-14(8-16)17(21)11-20-18(22)15-7-13(3)9-19-10-15/h4-10,12,17,21H,11H2,1-3H3,(H,20,22). The number of aryl methyl sites for hydroxylation is 1. The van der Waals surface area contributed by atoms with Gasteiger partial charge in [0.05, 0.1) is 17.8 Å². The number of pyridine rings is 1. The molecule has 122 valence electrons. The Morgan fingerprint density at radius 1 is 1.30 bits per heavy atom. The molecule has 0 saturated heterocycles. The predicted molar refractivity (Wildman–Crippen MR) is 88.5 cm³/mol. The lowest BCUT2D eigenvalue weighted by Crippen LogP contribution is -2.28. The molecule has 0 aliphatic carbocycles. The fourth-order valence-corrected chi connectivity index (χ4v) is 2.16. The van der Waals surface area contributed by atoms with Crippen LogP contribution in [0.2, 0.25) is 0 Å². The Labute approximate surface area is 136 Å². The van der Waals surface area contributed by atoms with Crippen molar-refractivity contribution in [3.05, 3.63) is 59.4 Å². The first kappa shape index (κ1) is 17.0. The number of ether oxygens (including phenoxy) is 1. The summed E-state index contributed by atoms with van der Waals surface area (Å²) >= 11 is 0. The highest BCUT2D eigenvalue weighted by atomic mass is 16.5. The minimum atomic E-state index is -0.799. The molecule has 1 unspecified atom stereocenters. The number of carbonyl (C=O) groups is 1. The number of hydrogen-bond acceptors (Lipinski definition) is 4. The van der Waals surface area contributed by atoms with Gasteiger partial charge in [-0.05, 0) is 50.1 Å². The molecule has 1 aromatic heterocycles. The van der Waals surface area contributed by atoms with Crippen molar-refractivity contribution in [3.8, 4) is 5.75 Å². The van der Waals surface area contributed by atoms with Crippen molar-refractivity contribution in [2.45, 2.75) is 33.0 Å². The van der Waals surface area contributed by atoms with Gasteiger partial charge in [-0.15, -0.1) is 0 Å². The summed E-state index contributed by atoms with van der Waals surface area (Å²) in [6.07, 6.45) is 2.46. The van der Waals surface area contributed by atoms with Crippen LogP contribution in [0.1, 0.15) is 41.4 Å². The number of nitrogens with one attached hydrogen (secondary N) is 1. The third kappa shape index (κ3) is 5.07. The Hall–Kier alpha value is -2.40. The highest BCUT2D eigenvalue weighted by Gasteiger charge is 2.12. The predicted octanol–water partition coefficient (Wildman–Crippen LogP) is 2.64. The molecule has 5 heteroatoms. The molecule has 0 radical (unpaired) electrons. The molecule has 1 aromatic carbocycles. The van der Waals surface area contributed by atoms with E-state index in [2.05, 4.69) is 10.3 Å². The lowest BCUT2D eigenvalue weighted by Gasteiger charge is -2.15. The average Bonchev–Trinajstić information content (AvgIpc) is 2.52. The van der Waals surface area contributed by atoms with Gasteiger partial charge in [0.15, 0.2) is 0 Å². The number of aromatic nitrogens is 1. The lowest BCUT2D eigenvalue weighted by molar-refractivity contribution is 0.0915. The lowest BCUT2D eigenvalue weighted by atomic mass is 10.1. The highest BCUT2D eigenvalue weighted by Crippen LogP contribution is 2.20. The number of benzene rings is 1. The number of hydrogen-bond donors (Lipinski definition) is 2. The van der Waals surface area contributed by atoms with Gasteiger partial charge in [0.1, 0.15) is 5.75 Å². The van der Waals surface area contributed by atoms with Crippen LogP contribution in [0.15, 0.2) is 42.7 Å². The van der Waals surface area contributed by atoms with Crippen LogP contribution >= 0.6 is 0 Å². The molecule has 0 aliphatic heterocycles. The van der Waals surface area contributed by atoms with E-state index in [0.717, 1.165) is 5.56 Å². The van der Waals surface area contributed by atoms with E-state index in [1.807, 2.05) is 32.9 Å². The number of nitrogens with zero attached hydrogens (tertiary/aromatic N) is 1. The van der Waals surface area contributed by atoms with Gasteiger partial charge in [-0.2, -0.15) is 0 Å². The quantitative estimate of drug-likeness (QED) is 0.860. The van der Waals surface area contributed by atoms with Crippen molar-refractivity contribution >= 4 is 5.91 Å². The molecule has 0 aliphatic rings. The van der Waals surface area contributed by atoms with E-state index in [9.17, 15) is 9.90 Å². The van der Waals surface area contributed by atoms with Crippen LogP contribution < -0.4 is 10.1 Å². The van der Waals surface area contributed by atoms with E-state index in [4.69, 9.17) is 4.74 Å². The van der Waals surface area contributed by atoms with Gasteiger partial charge in [0.2, 0.25) is 0 Å². The largest absolute Gasteiger partial charge is 0.491 e. The van der Waals surface area contributed by atoms with E-state index in [-0.39, 0.29) is 18.6 Å². The molecule has 2 N–H and O–H groups in total. The Balaban J connectivity index is 1.96. The maximum atomic E-state index is 12.1. The molecule has 0 saturated carbocycles. The van der Waals surface area contributed by atoms with Crippen LogP contribution in [0.5, 0.6) is 5.75 Å². The summed E-state index contributed by atoms with van der Waals surface area (Å²) in [6.45, 7) is 5.88. The smallest absolute Gasteiger partial charge is 0.252 e. The Bertz CT molecular complexity index is 671. The third-order valence-corrected chi connectivity index (χ3v) is 3.21. The first-order valence-corrected chi connectivity index (χ1v) is 7.60. The van der Waals surface area contributed by atoms with E-state index < -0.39 is 6.10 Å². The van der Waals surface area contributed by atoms with E-state index in [1.54, 1.807) is 24.4 Å². The molecule has 1 amide bonds. The van der Waals surface area contributed by atoms with Gasteiger partial charge >= 0.3 is 0 Å². The van der Waals surface area contributed by atoms with Crippen molar-refractivity contribution in [2.75, 3.05) is 6.54 Å². The summed E-state index contributed by atoms with van der Waals surface area (Å²) < 4.78 is 5.61. The first-order valence-electron chi connectivity index (χ1n) is 7.60. The summed E-state index contributed by atoms with van der Waals surface area (Å²) in [4.78, 5) is 16.0. The van der Waals surface area contributed by atoms with E-state index in [1.165, 1.54) is 6.20 Å². The fraction of sp³-hybridized carbons (Fsp3) is 0.333. The van der Waals surface area contributed by atoms with Crippen LogP contribution in [0.25, 0.3) is 0 Å². The SMILES string of the molecule is Cc1cncc(C(=O)NCC(O)c2cccc(OC(C)C)c2)c1. The van der Waals surface area contributed by atoms with Gasteiger partial charge < -0.3 is 15.2 Å². The Kier molecular flexibility index (Phi) is 5.71. The second-order valence-corrected chi connectivity index (χ2v) is 5.72. The van der Waals surface area contributed by atoms with Gasteiger partial charge in [-0.1, -0.05) is 12.1 Å². The number of carbonyl (C=O) groups excluding carboxylic acids is 1. The number of aliphatic hydroxyl groups excluding tert-OH is 1. The van der Waals surface area contributed by atoms with Gasteiger partial charge in [0.25, 0.3) is 5.91 Å². The molecule has 0 fully saturated rings. The topological polar surface area (TPSA) is 71.5 Å². The van der Waals surface area contributed by atoms with Crippen LogP contribution in [0.4, 0.5) is 0 Å². The average molecular weight is 314 g/mol. The second kappa shape index (κ2) is 7.74. The normalized spacial score (nSPS) is 12.0. The molecule has 2 aromatic rings. The molecule has 1 atom stereocenters. The zero-order chi connectivity index (χ0) is 16.8. The first-order chi connectivity index (χ1) is 11.0. The van der Waals surface area contributed by atoms with Crippen molar-refractivity contribution in [3.63, 3.8) is 0 Å².